The summed E-state index contributed by atoms with van der Waals surface area (Å²) in [6.45, 7) is 6.20. The topological polar surface area (TPSA) is 29.3 Å². The highest BCUT2D eigenvalue weighted by Crippen LogP contribution is 2.10. The van der Waals surface area contributed by atoms with Gasteiger partial charge in [0.25, 0.3) is 0 Å². The molecule has 1 unspecified atom stereocenters. The lowest BCUT2D eigenvalue weighted by Gasteiger charge is -2.24. The van der Waals surface area contributed by atoms with Gasteiger partial charge in [0.1, 0.15) is 0 Å². The maximum atomic E-state index is 5.53. The summed E-state index contributed by atoms with van der Waals surface area (Å²) < 4.78 is 0. The van der Waals surface area contributed by atoms with Crippen molar-refractivity contribution in [1.29, 1.82) is 0 Å². The summed E-state index contributed by atoms with van der Waals surface area (Å²) in [6, 6.07) is 9.37. The van der Waals surface area contributed by atoms with Gasteiger partial charge in [-0.15, -0.1) is 0 Å². The van der Waals surface area contributed by atoms with E-state index in [1.807, 2.05) is 0 Å². The van der Waals surface area contributed by atoms with Crippen molar-refractivity contribution < 1.29 is 0 Å². The highest BCUT2D eigenvalue weighted by Gasteiger charge is 2.08. The Bertz CT molecular complexity index is 292. The van der Waals surface area contributed by atoms with Crippen molar-refractivity contribution in [1.82, 2.24) is 4.90 Å². The van der Waals surface area contributed by atoms with E-state index in [0.717, 1.165) is 19.5 Å². The van der Waals surface area contributed by atoms with Crippen molar-refractivity contribution >= 4 is 0 Å². The molecule has 2 heteroatoms. The van der Waals surface area contributed by atoms with Crippen LogP contribution in [0.3, 0.4) is 0 Å². The Hall–Kier alpha value is -0.860. The highest BCUT2D eigenvalue weighted by atomic mass is 15.1. The molecular weight excluding hydrogens is 196 g/mol. The Morgan fingerprint density at radius 2 is 1.88 bits per heavy atom. The number of nitrogens with zero attached hydrogens (tertiary/aromatic N) is 1. The number of hydrogen-bond donors (Lipinski definition) is 1. The second kappa shape index (κ2) is 6.66. The van der Waals surface area contributed by atoms with Crippen LogP contribution in [-0.4, -0.2) is 24.5 Å². The largest absolute Gasteiger partial charge is 0.330 e. The summed E-state index contributed by atoms with van der Waals surface area (Å²) in [7, 11) is 2.18. The molecular formula is C14H24N2. The van der Waals surface area contributed by atoms with Gasteiger partial charge in [-0.3, -0.25) is 4.90 Å². The minimum absolute atomic E-state index is 0.602. The minimum atomic E-state index is 0.602. The van der Waals surface area contributed by atoms with Crippen LogP contribution in [0.1, 0.15) is 30.9 Å². The molecule has 0 amide bonds. The smallest absolute Gasteiger partial charge is 0.0233 e. The van der Waals surface area contributed by atoms with Crippen LogP contribution < -0.4 is 5.73 Å². The monoisotopic (exact) mass is 220 g/mol. The molecule has 1 aromatic carbocycles. The van der Waals surface area contributed by atoms with Crippen LogP contribution >= 0.6 is 0 Å². The van der Waals surface area contributed by atoms with Crippen molar-refractivity contribution in [3.05, 3.63) is 35.4 Å². The Balaban J connectivity index is 2.43. The third kappa shape index (κ3) is 4.33. The summed E-state index contributed by atoms with van der Waals surface area (Å²) >= 11 is 0. The maximum Gasteiger partial charge on any atom is 0.0233 e. The number of rotatable bonds is 6. The van der Waals surface area contributed by atoms with Gasteiger partial charge in [0.2, 0.25) is 0 Å². The fourth-order valence-electron chi connectivity index (χ4n) is 1.77. The first-order valence-corrected chi connectivity index (χ1v) is 6.09. The molecule has 0 aliphatic carbocycles. The van der Waals surface area contributed by atoms with Crippen LogP contribution in [0, 0.1) is 6.92 Å². The van der Waals surface area contributed by atoms with E-state index in [1.165, 1.54) is 17.5 Å². The van der Waals surface area contributed by atoms with E-state index in [0.29, 0.717) is 6.04 Å². The predicted molar refractivity (Wildman–Crippen MR) is 70.4 cm³/mol. The van der Waals surface area contributed by atoms with E-state index in [1.54, 1.807) is 0 Å². The first-order chi connectivity index (χ1) is 7.63. The molecule has 0 aliphatic rings. The average molecular weight is 220 g/mol. The van der Waals surface area contributed by atoms with Gasteiger partial charge in [0, 0.05) is 12.6 Å². The van der Waals surface area contributed by atoms with Gasteiger partial charge in [0.15, 0.2) is 0 Å². The van der Waals surface area contributed by atoms with Crippen LogP contribution in [0.5, 0.6) is 0 Å². The van der Waals surface area contributed by atoms with E-state index in [-0.39, 0.29) is 0 Å². The number of benzene rings is 1. The molecule has 1 aromatic rings. The Labute approximate surface area is 99.5 Å². The zero-order valence-corrected chi connectivity index (χ0v) is 10.7. The van der Waals surface area contributed by atoms with E-state index < -0.39 is 0 Å². The fraction of sp³-hybridized carbons (Fsp3) is 0.571. The van der Waals surface area contributed by atoms with Crippen LogP contribution in [0.4, 0.5) is 0 Å². The Morgan fingerprint density at radius 1 is 1.25 bits per heavy atom. The van der Waals surface area contributed by atoms with Gasteiger partial charge < -0.3 is 5.73 Å². The normalized spacial score (nSPS) is 13.1. The molecule has 0 bridgehead atoms. The molecule has 0 heterocycles. The standard InChI is InChI=1S/C14H24N2/c1-12-6-8-14(9-7-12)11-16(3)13(2)5-4-10-15/h6-9,13H,4-5,10-11,15H2,1-3H3. The quantitative estimate of drug-likeness (QED) is 0.798. The van der Waals surface area contributed by atoms with Crippen molar-refractivity contribution in [2.75, 3.05) is 13.6 Å². The highest BCUT2D eigenvalue weighted by molar-refractivity contribution is 5.21. The van der Waals surface area contributed by atoms with Crippen LogP contribution in [0.2, 0.25) is 0 Å². The fourth-order valence-corrected chi connectivity index (χ4v) is 1.77. The second-order valence-electron chi connectivity index (χ2n) is 4.68. The molecule has 0 fully saturated rings. The molecule has 1 rings (SSSR count). The van der Waals surface area contributed by atoms with Gasteiger partial charge in [0.05, 0.1) is 0 Å². The minimum Gasteiger partial charge on any atom is -0.330 e. The van der Waals surface area contributed by atoms with Crippen molar-refractivity contribution in [3.8, 4) is 0 Å². The van der Waals surface area contributed by atoms with Gasteiger partial charge in [-0.2, -0.15) is 0 Å². The van der Waals surface area contributed by atoms with Crippen LogP contribution in [0.15, 0.2) is 24.3 Å². The predicted octanol–water partition coefficient (Wildman–Crippen LogP) is 2.55. The van der Waals surface area contributed by atoms with Gasteiger partial charge in [-0.25, -0.2) is 0 Å². The molecule has 0 spiro atoms. The second-order valence-corrected chi connectivity index (χ2v) is 4.68. The number of nitrogens with two attached hydrogens (primary N) is 1. The molecule has 0 saturated carbocycles. The van der Waals surface area contributed by atoms with Gasteiger partial charge in [-0.05, 0) is 45.8 Å². The molecule has 90 valence electrons. The summed E-state index contributed by atoms with van der Waals surface area (Å²) in [5.41, 5.74) is 8.23. The summed E-state index contributed by atoms with van der Waals surface area (Å²) in [6.07, 6.45) is 2.29. The van der Waals surface area contributed by atoms with E-state index in [2.05, 4.69) is 50.1 Å². The van der Waals surface area contributed by atoms with Gasteiger partial charge in [-0.1, -0.05) is 29.8 Å². The lowest BCUT2D eigenvalue weighted by Crippen LogP contribution is -2.29. The molecule has 0 aliphatic heterocycles. The molecule has 0 saturated heterocycles. The lowest BCUT2D eigenvalue weighted by molar-refractivity contribution is 0.235. The van der Waals surface area contributed by atoms with E-state index >= 15 is 0 Å². The number of hydrogen-bond acceptors (Lipinski definition) is 2. The Kier molecular flexibility index (Phi) is 5.50. The lowest BCUT2D eigenvalue weighted by atomic mass is 10.1. The molecule has 2 nitrogen and oxygen atoms in total. The zero-order valence-electron chi connectivity index (χ0n) is 10.7. The van der Waals surface area contributed by atoms with E-state index in [9.17, 15) is 0 Å². The first kappa shape index (κ1) is 13.2. The van der Waals surface area contributed by atoms with Crippen LogP contribution in [0.25, 0.3) is 0 Å². The summed E-state index contributed by atoms with van der Waals surface area (Å²) in [4.78, 5) is 2.39. The molecule has 2 N–H and O–H groups in total. The zero-order chi connectivity index (χ0) is 12.0. The van der Waals surface area contributed by atoms with Crippen molar-refractivity contribution in [3.63, 3.8) is 0 Å². The molecule has 0 aromatic heterocycles. The SMILES string of the molecule is Cc1ccc(CN(C)C(C)CCCN)cc1. The van der Waals surface area contributed by atoms with Gasteiger partial charge >= 0.3 is 0 Å². The number of aryl methyl sites for hydroxylation is 1. The third-order valence-corrected chi connectivity index (χ3v) is 3.13. The summed E-state index contributed by atoms with van der Waals surface area (Å²) in [5, 5.41) is 0. The van der Waals surface area contributed by atoms with Crippen molar-refractivity contribution in [2.24, 2.45) is 5.73 Å². The molecule has 0 radical (unpaired) electrons. The average Bonchev–Trinajstić information content (AvgIpc) is 2.29. The third-order valence-electron chi connectivity index (χ3n) is 3.13. The summed E-state index contributed by atoms with van der Waals surface area (Å²) in [5.74, 6) is 0. The maximum absolute atomic E-state index is 5.53. The van der Waals surface area contributed by atoms with E-state index in [4.69, 9.17) is 5.73 Å². The molecule has 1 atom stereocenters. The first-order valence-electron chi connectivity index (χ1n) is 6.09. The molecule has 16 heavy (non-hydrogen) atoms. The van der Waals surface area contributed by atoms with Crippen molar-refractivity contribution in [2.45, 2.75) is 39.3 Å². The van der Waals surface area contributed by atoms with Crippen LogP contribution in [-0.2, 0) is 6.54 Å². The Morgan fingerprint density at radius 3 is 2.44 bits per heavy atom.